The van der Waals surface area contributed by atoms with Gasteiger partial charge in [-0.25, -0.2) is 0 Å². The van der Waals surface area contributed by atoms with Gasteiger partial charge in [0, 0.05) is 10.5 Å². The second-order valence-electron chi connectivity index (χ2n) is 4.64. The molecular formula is C14H18BrNO3. The number of carbonyl (C=O) groups excluding carboxylic acids is 1. The molecule has 1 aliphatic carbocycles. The molecule has 0 aromatic heterocycles. The number of amides is 1. The van der Waals surface area contributed by atoms with Crippen LogP contribution in [0.5, 0.6) is 11.5 Å². The molecule has 104 valence electrons. The second-order valence-corrected chi connectivity index (χ2v) is 5.50. The summed E-state index contributed by atoms with van der Waals surface area (Å²) in [6.45, 7) is 0. The minimum atomic E-state index is -0.0697. The summed E-state index contributed by atoms with van der Waals surface area (Å²) in [5.41, 5.74) is 0.574. The molecule has 5 heteroatoms. The Morgan fingerprint density at radius 2 is 1.79 bits per heavy atom. The maximum Gasteiger partial charge on any atom is 0.252 e. The monoisotopic (exact) mass is 327 g/mol. The molecule has 1 saturated carbocycles. The van der Waals surface area contributed by atoms with Crippen molar-refractivity contribution in [2.24, 2.45) is 0 Å². The highest BCUT2D eigenvalue weighted by Gasteiger charge is 2.20. The van der Waals surface area contributed by atoms with Crippen LogP contribution in [0.2, 0.25) is 0 Å². The SMILES string of the molecule is COc1cc(Br)c(C(=O)NC2CCCC2)cc1OC. The Hall–Kier alpha value is -1.23. The molecule has 1 amide bonds. The summed E-state index contributed by atoms with van der Waals surface area (Å²) in [7, 11) is 3.13. The van der Waals surface area contributed by atoms with Crippen LogP contribution in [0.1, 0.15) is 36.0 Å². The molecule has 0 spiro atoms. The Bertz CT molecular complexity index is 470. The Morgan fingerprint density at radius 3 is 2.37 bits per heavy atom. The molecule has 0 heterocycles. The Morgan fingerprint density at radius 1 is 1.21 bits per heavy atom. The van der Waals surface area contributed by atoms with Gasteiger partial charge < -0.3 is 14.8 Å². The lowest BCUT2D eigenvalue weighted by molar-refractivity contribution is 0.0936. The van der Waals surface area contributed by atoms with Gasteiger partial charge in [0.05, 0.1) is 19.8 Å². The number of methoxy groups -OCH3 is 2. The molecule has 1 fully saturated rings. The van der Waals surface area contributed by atoms with E-state index in [1.807, 2.05) is 0 Å². The number of ether oxygens (including phenoxy) is 2. The molecule has 1 aromatic rings. The minimum absolute atomic E-state index is 0.0697. The van der Waals surface area contributed by atoms with E-state index in [-0.39, 0.29) is 5.91 Å². The fourth-order valence-electron chi connectivity index (χ4n) is 2.36. The van der Waals surface area contributed by atoms with Crippen molar-refractivity contribution in [3.8, 4) is 11.5 Å². The summed E-state index contributed by atoms with van der Waals surface area (Å²) in [5.74, 6) is 1.09. The third kappa shape index (κ3) is 3.21. The summed E-state index contributed by atoms with van der Waals surface area (Å²) in [5, 5.41) is 3.06. The third-order valence-corrected chi connectivity index (χ3v) is 4.06. The lowest BCUT2D eigenvalue weighted by atomic mass is 10.1. The van der Waals surface area contributed by atoms with E-state index in [0.29, 0.717) is 27.6 Å². The maximum atomic E-state index is 12.3. The molecular weight excluding hydrogens is 310 g/mol. The van der Waals surface area contributed by atoms with Crippen LogP contribution >= 0.6 is 15.9 Å². The second kappa shape index (κ2) is 6.28. The van der Waals surface area contributed by atoms with E-state index < -0.39 is 0 Å². The number of benzene rings is 1. The normalized spacial score (nSPS) is 15.3. The zero-order valence-corrected chi connectivity index (χ0v) is 12.7. The van der Waals surface area contributed by atoms with Gasteiger partial charge in [-0.05, 0) is 40.9 Å². The predicted octanol–water partition coefficient (Wildman–Crippen LogP) is 3.14. The predicted molar refractivity (Wildman–Crippen MR) is 77.0 cm³/mol. The van der Waals surface area contributed by atoms with Crippen LogP contribution in [0.4, 0.5) is 0 Å². The standard InChI is InChI=1S/C14H18BrNO3/c1-18-12-7-10(11(15)8-13(12)19-2)14(17)16-9-5-3-4-6-9/h7-9H,3-6H2,1-2H3,(H,16,17). The van der Waals surface area contributed by atoms with Gasteiger partial charge in [-0.3, -0.25) is 4.79 Å². The Balaban J connectivity index is 2.20. The summed E-state index contributed by atoms with van der Waals surface area (Å²) >= 11 is 3.40. The van der Waals surface area contributed by atoms with Gasteiger partial charge in [0.1, 0.15) is 0 Å². The average molecular weight is 328 g/mol. The van der Waals surface area contributed by atoms with Crippen molar-refractivity contribution in [1.29, 1.82) is 0 Å². The van der Waals surface area contributed by atoms with E-state index in [1.54, 1.807) is 26.4 Å². The number of hydrogen-bond donors (Lipinski definition) is 1. The van der Waals surface area contributed by atoms with Crippen LogP contribution in [0.15, 0.2) is 16.6 Å². The molecule has 4 nitrogen and oxygen atoms in total. The van der Waals surface area contributed by atoms with Crippen molar-refractivity contribution in [2.75, 3.05) is 14.2 Å². The van der Waals surface area contributed by atoms with Crippen LogP contribution in [0, 0.1) is 0 Å². The highest BCUT2D eigenvalue weighted by Crippen LogP contribution is 2.33. The van der Waals surface area contributed by atoms with Crippen molar-refractivity contribution in [2.45, 2.75) is 31.7 Å². The first-order valence-corrected chi connectivity index (χ1v) is 7.17. The summed E-state index contributed by atoms with van der Waals surface area (Å²) in [6.07, 6.45) is 4.52. The van der Waals surface area contributed by atoms with Gasteiger partial charge in [0.2, 0.25) is 0 Å². The van der Waals surface area contributed by atoms with Gasteiger partial charge >= 0.3 is 0 Å². The van der Waals surface area contributed by atoms with Gasteiger partial charge in [0.25, 0.3) is 5.91 Å². The molecule has 1 aromatic carbocycles. The van der Waals surface area contributed by atoms with Crippen LogP contribution in [0.3, 0.4) is 0 Å². The molecule has 0 unspecified atom stereocenters. The van der Waals surface area contributed by atoms with Crippen molar-refractivity contribution in [3.05, 3.63) is 22.2 Å². The van der Waals surface area contributed by atoms with Crippen molar-refractivity contribution < 1.29 is 14.3 Å². The molecule has 0 bridgehead atoms. The molecule has 0 aliphatic heterocycles. The molecule has 1 N–H and O–H groups in total. The lowest BCUT2D eigenvalue weighted by Gasteiger charge is -2.15. The van der Waals surface area contributed by atoms with Crippen LogP contribution < -0.4 is 14.8 Å². The average Bonchev–Trinajstić information content (AvgIpc) is 2.90. The first-order valence-electron chi connectivity index (χ1n) is 6.38. The number of hydrogen-bond acceptors (Lipinski definition) is 3. The van der Waals surface area contributed by atoms with Gasteiger partial charge in [-0.2, -0.15) is 0 Å². The largest absolute Gasteiger partial charge is 0.493 e. The van der Waals surface area contributed by atoms with E-state index in [4.69, 9.17) is 9.47 Å². The highest BCUT2D eigenvalue weighted by atomic mass is 79.9. The summed E-state index contributed by atoms with van der Waals surface area (Å²) in [6, 6.07) is 3.75. The zero-order valence-electron chi connectivity index (χ0n) is 11.2. The number of halogens is 1. The summed E-state index contributed by atoms with van der Waals surface area (Å²) in [4.78, 5) is 12.3. The number of carbonyl (C=O) groups is 1. The van der Waals surface area contributed by atoms with Crippen LogP contribution in [-0.4, -0.2) is 26.2 Å². The smallest absolute Gasteiger partial charge is 0.252 e. The Labute approximate surface area is 121 Å². The quantitative estimate of drug-likeness (QED) is 0.924. The van der Waals surface area contributed by atoms with E-state index in [0.717, 1.165) is 12.8 Å². The molecule has 0 radical (unpaired) electrons. The highest BCUT2D eigenvalue weighted by molar-refractivity contribution is 9.10. The first-order chi connectivity index (χ1) is 9.15. The van der Waals surface area contributed by atoms with E-state index in [1.165, 1.54) is 12.8 Å². The first kappa shape index (κ1) is 14.2. The molecule has 0 atom stereocenters. The summed E-state index contributed by atoms with van der Waals surface area (Å²) < 4.78 is 11.1. The topological polar surface area (TPSA) is 47.6 Å². The van der Waals surface area contributed by atoms with Crippen LogP contribution in [-0.2, 0) is 0 Å². The molecule has 0 saturated heterocycles. The molecule has 1 aliphatic rings. The van der Waals surface area contributed by atoms with Crippen molar-refractivity contribution >= 4 is 21.8 Å². The molecule has 2 rings (SSSR count). The Kier molecular flexibility index (Phi) is 4.69. The van der Waals surface area contributed by atoms with E-state index >= 15 is 0 Å². The third-order valence-electron chi connectivity index (χ3n) is 3.41. The lowest BCUT2D eigenvalue weighted by Crippen LogP contribution is -2.32. The fraction of sp³-hybridized carbons (Fsp3) is 0.500. The number of rotatable bonds is 4. The number of nitrogens with one attached hydrogen (secondary N) is 1. The van der Waals surface area contributed by atoms with Crippen molar-refractivity contribution in [3.63, 3.8) is 0 Å². The van der Waals surface area contributed by atoms with Crippen molar-refractivity contribution in [1.82, 2.24) is 5.32 Å². The maximum absolute atomic E-state index is 12.3. The molecule has 19 heavy (non-hydrogen) atoms. The van der Waals surface area contributed by atoms with Gasteiger partial charge in [0.15, 0.2) is 11.5 Å². The van der Waals surface area contributed by atoms with E-state index in [9.17, 15) is 4.79 Å². The minimum Gasteiger partial charge on any atom is -0.493 e. The van der Waals surface area contributed by atoms with Crippen LogP contribution in [0.25, 0.3) is 0 Å². The fourth-order valence-corrected chi connectivity index (χ4v) is 2.86. The van der Waals surface area contributed by atoms with Gasteiger partial charge in [-0.15, -0.1) is 0 Å². The van der Waals surface area contributed by atoms with E-state index in [2.05, 4.69) is 21.2 Å². The van der Waals surface area contributed by atoms with Gasteiger partial charge in [-0.1, -0.05) is 12.8 Å². The zero-order chi connectivity index (χ0) is 13.8.